The van der Waals surface area contributed by atoms with Gasteiger partial charge in [-0.1, -0.05) is 40.5 Å². The Hall–Kier alpha value is -0.370. The number of hydrogen-bond acceptors (Lipinski definition) is 2. The Bertz CT molecular complexity index is 168. The normalized spacial score (nSPS) is 14.1. The van der Waals surface area contributed by atoms with Crippen molar-refractivity contribution in [3.05, 3.63) is 0 Å². The van der Waals surface area contributed by atoms with Gasteiger partial charge in [0.15, 0.2) is 0 Å². The SMILES string of the molecule is CCCCC(O)CCC(=O)C(C)(C)C. The van der Waals surface area contributed by atoms with Crippen LogP contribution in [0.3, 0.4) is 0 Å². The molecule has 0 aromatic rings. The number of hydrogen-bond donors (Lipinski definition) is 1. The van der Waals surface area contributed by atoms with E-state index in [2.05, 4.69) is 6.92 Å². The molecule has 0 aromatic heterocycles. The van der Waals surface area contributed by atoms with Gasteiger partial charge in [0.2, 0.25) is 0 Å². The Morgan fingerprint density at radius 3 is 2.29 bits per heavy atom. The molecule has 0 heterocycles. The third kappa shape index (κ3) is 6.14. The van der Waals surface area contributed by atoms with E-state index < -0.39 is 0 Å². The molecule has 0 aromatic carbocycles. The lowest BCUT2D eigenvalue weighted by Gasteiger charge is -2.17. The molecule has 0 aliphatic carbocycles. The second-order valence-corrected chi connectivity index (χ2v) is 5.01. The molecule has 0 saturated carbocycles. The number of aliphatic hydroxyl groups excluding tert-OH is 1. The Morgan fingerprint density at radius 2 is 1.86 bits per heavy atom. The minimum absolute atomic E-state index is 0.244. The zero-order valence-corrected chi connectivity index (χ0v) is 9.97. The molecule has 1 atom stereocenters. The Kier molecular flexibility index (Phi) is 6.01. The number of Topliss-reactive ketones (excluding diaryl/α,β-unsaturated/α-hetero) is 1. The number of carbonyl (C=O) groups excluding carboxylic acids is 1. The molecule has 0 saturated heterocycles. The summed E-state index contributed by atoms with van der Waals surface area (Å²) < 4.78 is 0. The highest BCUT2D eigenvalue weighted by molar-refractivity contribution is 5.83. The predicted octanol–water partition coefficient (Wildman–Crippen LogP) is 2.93. The number of rotatable bonds is 6. The number of ketones is 1. The summed E-state index contributed by atoms with van der Waals surface area (Å²) in [6.45, 7) is 7.88. The molecule has 0 bridgehead atoms. The second-order valence-electron chi connectivity index (χ2n) is 5.01. The van der Waals surface area contributed by atoms with Crippen LogP contribution in [0, 0.1) is 5.41 Å². The fourth-order valence-corrected chi connectivity index (χ4v) is 1.26. The van der Waals surface area contributed by atoms with Crippen LogP contribution in [-0.4, -0.2) is 17.0 Å². The van der Waals surface area contributed by atoms with Gasteiger partial charge in [0, 0.05) is 11.8 Å². The molecule has 0 radical (unpaired) electrons. The van der Waals surface area contributed by atoms with Crippen LogP contribution < -0.4 is 0 Å². The summed E-state index contributed by atoms with van der Waals surface area (Å²) in [4.78, 5) is 11.5. The highest BCUT2D eigenvalue weighted by Crippen LogP contribution is 2.19. The van der Waals surface area contributed by atoms with E-state index in [9.17, 15) is 9.90 Å². The monoisotopic (exact) mass is 200 g/mol. The summed E-state index contributed by atoms with van der Waals surface area (Å²) in [6, 6.07) is 0. The average molecular weight is 200 g/mol. The first-order chi connectivity index (χ1) is 6.38. The van der Waals surface area contributed by atoms with Gasteiger partial charge in [-0.3, -0.25) is 4.79 Å². The molecule has 2 nitrogen and oxygen atoms in total. The van der Waals surface area contributed by atoms with Crippen LogP contribution in [0.4, 0.5) is 0 Å². The maximum absolute atomic E-state index is 11.5. The Labute approximate surface area is 87.7 Å². The molecule has 2 heteroatoms. The van der Waals surface area contributed by atoms with E-state index in [1.807, 2.05) is 20.8 Å². The van der Waals surface area contributed by atoms with Crippen LogP contribution in [0.15, 0.2) is 0 Å². The van der Waals surface area contributed by atoms with Crippen molar-refractivity contribution < 1.29 is 9.90 Å². The van der Waals surface area contributed by atoms with E-state index >= 15 is 0 Å². The van der Waals surface area contributed by atoms with Crippen LogP contribution in [0.5, 0.6) is 0 Å². The van der Waals surface area contributed by atoms with E-state index in [0.29, 0.717) is 12.8 Å². The van der Waals surface area contributed by atoms with Crippen molar-refractivity contribution in [3.8, 4) is 0 Å². The largest absolute Gasteiger partial charge is 0.393 e. The van der Waals surface area contributed by atoms with Crippen LogP contribution in [0.25, 0.3) is 0 Å². The maximum atomic E-state index is 11.5. The molecule has 1 unspecified atom stereocenters. The minimum atomic E-state index is -0.291. The third-order valence-electron chi connectivity index (χ3n) is 2.43. The molecule has 0 aliphatic heterocycles. The van der Waals surface area contributed by atoms with Gasteiger partial charge >= 0.3 is 0 Å². The minimum Gasteiger partial charge on any atom is -0.393 e. The van der Waals surface area contributed by atoms with Gasteiger partial charge in [0.05, 0.1) is 6.10 Å². The molecule has 0 spiro atoms. The first-order valence-electron chi connectivity index (χ1n) is 5.59. The molecule has 1 N–H and O–H groups in total. The molecule has 0 amide bonds. The average Bonchev–Trinajstić information content (AvgIpc) is 2.09. The summed E-state index contributed by atoms with van der Waals surface area (Å²) in [5.74, 6) is 0.244. The van der Waals surface area contributed by atoms with Gasteiger partial charge < -0.3 is 5.11 Å². The van der Waals surface area contributed by atoms with Gasteiger partial charge in [-0.15, -0.1) is 0 Å². The van der Waals surface area contributed by atoms with E-state index in [0.717, 1.165) is 19.3 Å². The van der Waals surface area contributed by atoms with Crippen LogP contribution in [0.1, 0.15) is 59.8 Å². The molecule has 14 heavy (non-hydrogen) atoms. The topological polar surface area (TPSA) is 37.3 Å². The van der Waals surface area contributed by atoms with Crippen LogP contribution in [0.2, 0.25) is 0 Å². The molecule has 84 valence electrons. The number of unbranched alkanes of at least 4 members (excludes halogenated alkanes) is 1. The van der Waals surface area contributed by atoms with E-state index in [1.54, 1.807) is 0 Å². The standard InChI is InChI=1S/C12H24O2/c1-5-6-7-10(13)8-9-11(14)12(2,3)4/h10,13H,5-9H2,1-4H3. The fraction of sp³-hybridized carbons (Fsp3) is 0.917. The van der Waals surface area contributed by atoms with Gasteiger partial charge in [-0.25, -0.2) is 0 Å². The number of aliphatic hydroxyl groups is 1. The summed E-state index contributed by atoms with van der Waals surface area (Å²) >= 11 is 0. The summed E-state index contributed by atoms with van der Waals surface area (Å²) in [5, 5.41) is 9.54. The third-order valence-corrected chi connectivity index (χ3v) is 2.43. The molecular formula is C12H24O2. The molecular weight excluding hydrogens is 176 g/mol. The fourth-order valence-electron chi connectivity index (χ4n) is 1.26. The highest BCUT2D eigenvalue weighted by atomic mass is 16.3. The molecule has 0 rings (SSSR count). The van der Waals surface area contributed by atoms with Gasteiger partial charge in [-0.05, 0) is 12.8 Å². The maximum Gasteiger partial charge on any atom is 0.138 e. The molecule has 0 aliphatic rings. The van der Waals surface area contributed by atoms with Crippen molar-refractivity contribution in [1.82, 2.24) is 0 Å². The van der Waals surface area contributed by atoms with Crippen molar-refractivity contribution in [1.29, 1.82) is 0 Å². The molecule has 0 fully saturated rings. The Balaban J connectivity index is 3.67. The lowest BCUT2D eigenvalue weighted by molar-refractivity contribution is -0.126. The van der Waals surface area contributed by atoms with Gasteiger partial charge in [-0.2, -0.15) is 0 Å². The zero-order chi connectivity index (χ0) is 11.2. The summed E-state index contributed by atoms with van der Waals surface area (Å²) in [5.41, 5.74) is -0.259. The van der Waals surface area contributed by atoms with Gasteiger partial charge in [0.25, 0.3) is 0 Å². The first kappa shape index (κ1) is 13.6. The van der Waals surface area contributed by atoms with Crippen LogP contribution in [-0.2, 0) is 4.79 Å². The second kappa shape index (κ2) is 6.18. The van der Waals surface area contributed by atoms with Crippen molar-refractivity contribution in [2.75, 3.05) is 0 Å². The van der Waals surface area contributed by atoms with Crippen molar-refractivity contribution >= 4 is 5.78 Å². The van der Waals surface area contributed by atoms with Gasteiger partial charge in [0.1, 0.15) is 5.78 Å². The van der Waals surface area contributed by atoms with E-state index in [4.69, 9.17) is 0 Å². The number of carbonyl (C=O) groups is 1. The smallest absolute Gasteiger partial charge is 0.138 e. The lowest BCUT2D eigenvalue weighted by Crippen LogP contribution is -2.21. The lowest BCUT2D eigenvalue weighted by atomic mass is 9.87. The quantitative estimate of drug-likeness (QED) is 0.715. The summed E-state index contributed by atoms with van der Waals surface area (Å²) in [7, 11) is 0. The van der Waals surface area contributed by atoms with Crippen LogP contribution >= 0.6 is 0 Å². The predicted molar refractivity (Wildman–Crippen MR) is 59.2 cm³/mol. The van der Waals surface area contributed by atoms with Crippen molar-refractivity contribution in [3.63, 3.8) is 0 Å². The zero-order valence-electron chi connectivity index (χ0n) is 9.97. The first-order valence-corrected chi connectivity index (χ1v) is 5.59. The van der Waals surface area contributed by atoms with E-state index in [-0.39, 0.29) is 17.3 Å². The van der Waals surface area contributed by atoms with E-state index in [1.165, 1.54) is 0 Å². The van der Waals surface area contributed by atoms with Crippen molar-refractivity contribution in [2.24, 2.45) is 5.41 Å². The Morgan fingerprint density at radius 1 is 1.29 bits per heavy atom. The highest BCUT2D eigenvalue weighted by Gasteiger charge is 2.21. The van der Waals surface area contributed by atoms with Crippen molar-refractivity contribution in [2.45, 2.75) is 65.9 Å². The summed E-state index contributed by atoms with van der Waals surface area (Å²) in [6.07, 6.45) is 3.81.